The van der Waals surface area contributed by atoms with Crippen molar-refractivity contribution in [1.82, 2.24) is 9.80 Å². The zero-order valence-corrected chi connectivity index (χ0v) is 20.6. The molecule has 2 amide bonds. The number of esters is 1. The first-order valence-corrected chi connectivity index (χ1v) is 11.8. The van der Waals surface area contributed by atoms with Gasteiger partial charge >= 0.3 is 5.97 Å². The third-order valence-electron chi connectivity index (χ3n) is 6.38. The Bertz CT molecular complexity index is 932. The number of hydrogen-bond donors (Lipinski definition) is 2. The number of nitrogens with zero attached hydrogens (tertiary/aromatic N) is 2. The quantitative estimate of drug-likeness (QED) is 0.372. The van der Waals surface area contributed by atoms with Gasteiger partial charge in [0.2, 0.25) is 5.91 Å². The Balaban J connectivity index is 1.58. The summed E-state index contributed by atoms with van der Waals surface area (Å²) in [6, 6.07) is 6.59. The molecule has 0 spiro atoms. The van der Waals surface area contributed by atoms with Crippen molar-refractivity contribution in [3.8, 4) is 0 Å². The molecule has 186 valence electrons. The number of carbonyl (C=O) groups excluding carboxylic acids is 3. The van der Waals surface area contributed by atoms with Gasteiger partial charge in [-0.05, 0) is 65.5 Å². The molecule has 1 aromatic rings. The van der Waals surface area contributed by atoms with Crippen LogP contribution in [0, 0.1) is 5.41 Å². The number of benzene rings is 1. The summed E-state index contributed by atoms with van der Waals surface area (Å²) in [5.41, 5.74) is 5.07. The smallest absolute Gasteiger partial charge is 0.332 e. The van der Waals surface area contributed by atoms with Crippen LogP contribution in [0.3, 0.4) is 0 Å². The van der Waals surface area contributed by atoms with Gasteiger partial charge in [-0.2, -0.15) is 0 Å². The van der Waals surface area contributed by atoms with Crippen molar-refractivity contribution in [3.05, 3.63) is 35.4 Å². The van der Waals surface area contributed by atoms with Gasteiger partial charge in [0.15, 0.2) is 0 Å². The van der Waals surface area contributed by atoms with Gasteiger partial charge in [-0.3, -0.25) is 15.0 Å². The van der Waals surface area contributed by atoms with E-state index in [2.05, 4.69) is 0 Å². The van der Waals surface area contributed by atoms with E-state index in [9.17, 15) is 14.4 Å². The number of ether oxygens (including phenoxy) is 2. The molecule has 0 aliphatic carbocycles. The fourth-order valence-electron chi connectivity index (χ4n) is 4.58. The molecule has 2 heterocycles. The second kappa shape index (κ2) is 10.1. The predicted octanol–water partition coefficient (Wildman–Crippen LogP) is 2.31. The van der Waals surface area contributed by atoms with Crippen molar-refractivity contribution < 1.29 is 23.9 Å². The minimum absolute atomic E-state index is 0.0516. The molecule has 2 aliphatic rings. The standard InChI is InChI=1S/C25H36N4O5/c1-24(2,3)34-20(30)16-33-19-10-14-28(15-11-19)23(32)25(4)12-5-13-29(25)22(31)18-8-6-17(7-9-18)21(26)27/h6-9,19H,5,10-16H2,1-4H3,(H3,26,27)/t25-/m1/s1. The van der Waals surface area contributed by atoms with Crippen LogP contribution in [0.4, 0.5) is 0 Å². The number of piperidine rings is 1. The number of amides is 2. The van der Waals surface area contributed by atoms with Crippen LogP contribution in [0.2, 0.25) is 0 Å². The summed E-state index contributed by atoms with van der Waals surface area (Å²) >= 11 is 0. The summed E-state index contributed by atoms with van der Waals surface area (Å²) in [7, 11) is 0. The summed E-state index contributed by atoms with van der Waals surface area (Å²) in [4.78, 5) is 42.1. The lowest BCUT2D eigenvalue weighted by Crippen LogP contribution is -2.58. The van der Waals surface area contributed by atoms with Crippen molar-refractivity contribution >= 4 is 23.6 Å². The summed E-state index contributed by atoms with van der Waals surface area (Å²) in [5.74, 6) is -0.697. The van der Waals surface area contributed by atoms with Gasteiger partial charge in [0.05, 0.1) is 6.10 Å². The molecule has 0 aromatic heterocycles. The summed E-state index contributed by atoms with van der Waals surface area (Å²) in [6.45, 7) is 8.74. The Morgan fingerprint density at radius 3 is 2.24 bits per heavy atom. The van der Waals surface area contributed by atoms with Crippen LogP contribution < -0.4 is 5.73 Å². The maximum absolute atomic E-state index is 13.5. The van der Waals surface area contributed by atoms with Crippen LogP contribution in [0.25, 0.3) is 0 Å². The molecule has 0 saturated carbocycles. The first-order valence-electron chi connectivity index (χ1n) is 11.8. The van der Waals surface area contributed by atoms with Gasteiger partial charge in [0, 0.05) is 30.8 Å². The number of nitrogen functional groups attached to an aromatic ring is 1. The molecule has 9 heteroatoms. The van der Waals surface area contributed by atoms with E-state index in [-0.39, 0.29) is 30.4 Å². The Morgan fingerprint density at radius 2 is 1.68 bits per heavy atom. The zero-order valence-electron chi connectivity index (χ0n) is 20.6. The molecule has 2 fully saturated rings. The molecule has 2 saturated heterocycles. The number of likely N-dealkylation sites (tertiary alicyclic amines) is 2. The Hall–Kier alpha value is -2.94. The molecule has 0 unspecified atom stereocenters. The van der Waals surface area contributed by atoms with Crippen LogP contribution in [0.5, 0.6) is 0 Å². The van der Waals surface area contributed by atoms with Crippen LogP contribution in [-0.2, 0) is 19.1 Å². The highest BCUT2D eigenvalue weighted by molar-refractivity contribution is 6.01. The normalized spacial score (nSPS) is 21.4. The second-order valence-corrected chi connectivity index (χ2v) is 10.2. The molecule has 1 atom stereocenters. The largest absolute Gasteiger partial charge is 0.458 e. The third kappa shape index (κ3) is 5.94. The van der Waals surface area contributed by atoms with Gasteiger partial charge < -0.3 is 25.0 Å². The lowest BCUT2D eigenvalue weighted by Gasteiger charge is -2.40. The molecular weight excluding hydrogens is 436 g/mol. The van der Waals surface area contributed by atoms with E-state index >= 15 is 0 Å². The maximum atomic E-state index is 13.5. The van der Waals surface area contributed by atoms with E-state index in [0.29, 0.717) is 50.0 Å². The van der Waals surface area contributed by atoms with E-state index in [1.807, 2.05) is 27.7 Å². The highest BCUT2D eigenvalue weighted by Crippen LogP contribution is 2.33. The van der Waals surface area contributed by atoms with Crippen molar-refractivity contribution in [2.75, 3.05) is 26.2 Å². The maximum Gasteiger partial charge on any atom is 0.332 e. The molecule has 9 nitrogen and oxygen atoms in total. The SMILES string of the molecule is CC(C)(C)OC(=O)COC1CCN(C(=O)[C@@]2(C)CCCN2C(=O)c2ccc(C(=N)N)cc2)CC1. The van der Waals surface area contributed by atoms with E-state index in [1.54, 1.807) is 34.1 Å². The lowest BCUT2D eigenvalue weighted by atomic mass is 9.94. The van der Waals surface area contributed by atoms with Crippen LogP contribution in [0.1, 0.15) is 69.3 Å². The highest BCUT2D eigenvalue weighted by atomic mass is 16.6. The molecule has 2 aliphatic heterocycles. The van der Waals surface area contributed by atoms with Crippen molar-refractivity contribution in [3.63, 3.8) is 0 Å². The molecule has 0 bridgehead atoms. The fraction of sp³-hybridized carbons (Fsp3) is 0.600. The van der Waals surface area contributed by atoms with Crippen molar-refractivity contribution in [1.29, 1.82) is 5.41 Å². The Labute approximate surface area is 201 Å². The van der Waals surface area contributed by atoms with Gasteiger partial charge in [0.1, 0.15) is 23.6 Å². The van der Waals surface area contributed by atoms with E-state index in [4.69, 9.17) is 20.6 Å². The van der Waals surface area contributed by atoms with Gasteiger partial charge in [-0.1, -0.05) is 12.1 Å². The Morgan fingerprint density at radius 1 is 1.09 bits per heavy atom. The average Bonchev–Trinajstić information content (AvgIpc) is 3.18. The topological polar surface area (TPSA) is 126 Å². The first-order chi connectivity index (χ1) is 15.9. The van der Waals surface area contributed by atoms with E-state index in [0.717, 1.165) is 6.42 Å². The number of nitrogens with one attached hydrogen (secondary N) is 1. The molecule has 1 aromatic carbocycles. The number of nitrogens with two attached hydrogens (primary N) is 1. The second-order valence-electron chi connectivity index (χ2n) is 10.2. The van der Waals surface area contributed by atoms with Gasteiger partial charge in [-0.25, -0.2) is 4.79 Å². The number of amidine groups is 1. The predicted molar refractivity (Wildman–Crippen MR) is 128 cm³/mol. The van der Waals surface area contributed by atoms with Crippen LogP contribution in [-0.4, -0.2) is 76.9 Å². The fourth-order valence-corrected chi connectivity index (χ4v) is 4.58. The van der Waals surface area contributed by atoms with E-state index < -0.39 is 17.1 Å². The van der Waals surface area contributed by atoms with Crippen molar-refractivity contribution in [2.45, 2.75) is 70.6 Å². The minimum Gasteiger partial charge on any atom is -0.458 e. The van der Waals surface area contributed by atoms with E-state index in [1.165, 1.54) is 0 Å². The number of carbonyl (C=O) groups is 3. The molecule has 34 heavy (non-hydrogen) atoms. The van der Waals surface area contributed by atoms with Gasteiger partial charge in [-0.15, -0.1) is 0 Å². The molecular formula is C25H36N4O5. The molecule has 0 radical (unpaired) electrons. The van der Waals surface area contributed by atoms with Crippen LogP contribution in [0.15, 0.2) is 24.3 Å². The molecule has 3 rings (SSSR count). The zero-order chi connectivity index (χ0) is 25.1. The van der Waals surface area contributed by atoms with Crippen molar-refractivity contribution in [2.24, 2.45) is 5.73 Å². The summed E-state index contributed by atoms with van der Waals surface area (Å²) in [6.07, 6.45) is 2.52. The first kappa shape index (κ1) is 25.7. The highest BCUT2D eigenvalue weighted by Gasteiger charge is 2.48. The Kier molecular flexibility index (Phi) is 7.65. The monoisotopic (exact) mass is 472 g/mol. The molecule has 3 N–H and O–H groups in total. The van der Waals surface area contributed by atoms with Crippen LogP contribution >= 0.6 is 0 Å². The third-order valence-corrected chi connectivity index (χ3v) is 6.38. The number of hydrogen-bond acceptors (Lipinski definition) is 6. The minimum atomic E-state index is -0.902. The average molecular weight is 473 g/mol. The summed E-state index contributed by atoms with van der Waals surface area (Å²) < 4.78 is 11.0. The lowest BCUT2D eigenvalue weighted by molar-refractivity contribution is -0.164. The number of rotatable bonds is 6. The summed E-state index contributed by atoms with van der Waals surface area (Å²) in [5, 5.41) is 7.51. The van der Waals surface area contributed by atoms with Gasteiger partial charge in [0.25, 0.3) is 5.91 Å².